The van der Waals surface area contributed by atoms with Gasteiger partial charge in [-0.15, -0.1) is 0 Å². The largest absolute Gasteiger partial charge is 0.345 e. The van der Waals surface area contributed by atoms with Crippen LogP contribution in [0.25, 0.3) is 0 Å². The summed E-state index contributed by atoms with van der Waals surface area (Å²) in [5, 5.41) is 4.26. The molecule has 2 aromatic rings. The van der Waals surface area contributed by atoms with Gasteiger partial charge in [0.1, 0.15) is 0 Å². The molecule has 2 heterocycles. The molecule has 0 aliphatic rings. The summed E-state index contributed by atoms with van der Waals surface area (Å²) in [6.45, 7) is 5.83. The van der Waals surface area contributed by atoms with Crippen LogP contribution in [-0.2, 0) is 13.1 Å². The average molecular weight is 218 g/mol. The summed E-state index contributed by atoms with van der Waals surface area (Å²) >= 11 is 0. The summed E-state index contributed by atoms with van der Waals surface area (Å²) in [7, 11) is 0. The molecule has 4 nitrogen and oxygen atoms in total. The summed E-state index contributed by atoms with van der Waals surface area (Å²) in [4.78, 5) is 0. The van der Waals surface area contributed by atoms with Crippen molar-refractivity contribution < 1.29 is 0 Å². The molecular formula is C12H18N4. The van der Waals surface area contributed by atoms with Crippen LogP contribution in [0.4, 0.5) is 0 Å². The number of nitrogens with zero attached hydrogens (tertiary/aromatic N) is 3. The quantitative estimate of drug-likeness (QED) is 0.850. The summed E-state index contributed by atoms with van der Waals surface area (Å²) in [6.07, 6.45) is 6.04. The Balaban J connectivity index is 2.17. The van der Waals surface area contributed by atoms with Crippen LogP contribution in [0.1, 0.15) is 31.1 Å². The van der Waals surface area contributed by atoms with E-state index in [1.165, 1.54) is 5.56 Å². The highest BCUT2D eigenvalue weighted by molar-refractivity contribution is 5.14. The van der Waals surface area contributed by atoms with Crippen LogP contribution in [0.3, 0.4) is 0 Å². The molecular weight excluding hydrogens is 200 g/mol. The highest BCUT2D eigenvalue weighted by atomic mass is 15.3. The van der Waals surface area contributed by atoms with Gasteiger partial charge in [-0.1, -0.05) is 0 Å². The third-order valence-electron chi connectivity index (χ3n) is 2.69. The second-order valence-corrected chi connectivity index (χ2v) is 4.05. The molecule has 0 amide bonds. The zero-order chi connectivity index (χ0) is 11.5. The first-order valence-electron chi connectivity index (χ1n) is 5.62. The Morgan fingerprint density at radius 1 is 1.50 bits per heavy atom. The van der Waals surface area contributed by atoms with Gasteiger partial charge < -0.3 is 10.3 Å². The van der Waals surface area contributed by atoms with E-state index in [-0.39, 0.29) is 6.04 Å². The van der Waals surface area contributed by atoms with Gasteiger partial charge in [-0.25, -0.2) is 0 Å². The second-order valence-electron chi connectivity index (χ2n) is 4.05. The lowest BCUT2D eigenvalue weighted by Crippen LogP contribution is -2.12. The van der Waals surface area contributed by atoms with Crippen LogP contribution in [0.5, 0.6) is 0 Å². The van der Waals surface area contributed by atoms with Gasteiger partial charge in [0, 0.05) is 36.2 Å². The number of hydrogen-bond donors (Lipinski definition) is 1. The molecule has 1 atom stereocenters. The van der Waals surface area contributed by atoms with E-state index >= 15 is 0 Å². The van der Waals surface area contributed by atoms with Crippen LogP contribution in [0.2, 0.25) is 0 Å². The molecule has 0 fully saturated rings. The van der Waals surface area contributed by atoms with Crippen LogP contribution >= 0.6 is 0 Å². The van der Waals surface area contributed by atoms with E-state index in [9.17, 15) is 0 Å². The van der Waals surface area contributed by atoms with Crippen molar-refractivity contribution in [2.24, 2.45) is 5.73 Å². The Morgan fingerprint density at radius 2 is 2.31 bits per heavy atom. The zero-order valence-electron chi connectivity index (χ0n) is 9.80. The van der Waals surface area contributed by atoms with Gasteiger partial charge in [-0.05, 0) is 26.0 Å². The average Bonchev–Trinajstić information content (AvgIpc) is 2.87. The lowest BCUT2D eigenvalue weighted by atomic mass is 10.2. The number of aryl methyl sites for hydroxylation is 1. The maximum atomic E-state index is 5.90. The van der Waals surface area contributed by atoms with Crippen LogP contribution < -0.4 is 5.73 Å². The minimum atomic E-state index is 0.0659. The van der Waals surface area contributed by atoms with Gasteiger partial charge >= 0.3 is 0 Å². The lowest BCUT2D eigenvalue weighted by molar-refractivity contribution is 0.654. The van der Waals surface area contributed by atoms with Gasteiger partial charge in [0.2, 0.25) is 0 Å². The van der Waals surface area contributed by atoms with E-state index in [0.717, 1.165) is 18.8 Å². The van der Waals surface area contributed by atoms with Crippen molar-refractivity contribution in [3.05, 3.63) is 42.0 Å². The third-order valence-corrected chi connectivity index (χ3v) is 2.69. The van der Waals surface area contributed by atoms with Crippen molar-refractivity contribution in [1.29, 1.82) is 0 Å². The van der Waals surface area contributed by atoms with Gasteiger partial charge in [0.25, 0.3) is 0 Å². The molecule has 0 aliphatic carbocycles. The van der Waals surface area contributed by atoms with Crippen molar-refractivity contribution in [3.8, 4) is 0 Å². The Bertz CT molecular complexity index is 453. The van der Waals surface area contributed by atoms with E-state index in [1.54, 1.807) is 0 Å². The third kappa shape index (κ3) is 2.17. The molecule has 0 bridgehead atoms. The van der Waals surface area contributed by atoms with Gasteiger partial charge in [-0.2, -0.15) is 5.10 Å². The maximum Gasteiger partial charge on any atom is 0.0539 e. The van der Waals surface area contributed by atoms with Gasteiger partial charge in [0.05, 0.1) is 12.7 Å². The number of rotatable bonds is 4. The highest BCUT2D eigenvalue weighted by Crippen LogP contribution is 2.12. The number of aromatic nitrogens is 3. The van der Waals surface area contributed by atoms with E-state index in [2.05, 4.69) is 35.0 Å². The first-order valence-corrected chi connectivity index (χ1v) is 5.62. The lowest BCUT2D eigenvalue weighted by Gasteiger charge is -2.10. The van der Waals surface area contributed by atoms with Crippen LogP contribution in [0, 0.1) is 0 Å². The summed E-state index contributed by atoms with van der Waals surface area (Å²) in [5.74, 6) is 0. The van der Waals surface area contributed by atoms with Gasteiger partial charge in [-0.3, -0.25) is 4.68 Å². The molecule has 0 saturated heterocycles. The fourth-order valence-corrected chi connectivity index (χ4v) is 1.84. The molecule has 0 aliphatic heterocycles. The fraction of sp³-hybridized carbons (Fsp3) is 0.417. The SMILES string of the molecule is CCn1cc(Cn2cccc2C(C)N)cn1. The zero-order valence-corrected chi connectivity index (χ0v) is 9.80. The molecule has 2 N–H and O–H groups in total. The molecule has 4 heteroatoms. The summed E-state index contributed by atoms with van der Waals surface area (Å²) in [6, 6.07) is 4.16. The van der Waals surface area contributed by atoms with E-state index in [4.69, 9.17) is 5.73 Å². The fourth-order valence-electron chi connectivity index (χ4n) is 1.84. The molecule has 86 valence electrons. The number of nitrogens with two attached hydrogens (primary N) is 1. The first kappa shape index (κ1) is 11.0. The monoisotopic (exact) mass is 218 g/mol. The first-order chi connectivity index (χ1) is 7.70. The van der Waals surface area contributed by atoms with Crippen molar-refractivity contribution >= 4 is 0 Å². The Hall–Kier alpha value is -1.55. The summed E-state index contributed by atoms with van der Waals surface area (Å²) < 4.78 is 4.10. The van der Waals surface area contributed by atoms with Crippen molar-refractivity contribution in [1.82, 2.24) is 14.3 Å². The molecule has 0 saturated carbocycles. The highest BCUT2D eigenvalue weighted by Gasteiger charge is 2.06. The minimum absolute atomic E-state index is 0.0659. The van der Waals surface area contributed by atoms with Crippen molar-refractivity contribution in [2.45, 2.75) is 33.0 Å². The van der Waals surface area contributed by atoms with Crippen molar-refractivity contribution in [2.75, 3.05) is 0 Å². The second kappa shape index (κ2) is 4.53. The van der Waals surface area contributed by atoms with Crippen molar-refractivity contribution in [3.63, 3.8) is 0 Å². The van der Waals surface area contributed by atoms with E-state index in [1.807, 2.05) is 23.9 Å². The molecule has 0 radical (unpaired) electrons. The normalized spacial score (nSPS) is 12.9. The number of hydrogen-bond acceptors (Lipinski definition) is 2. The molecule has 0 aromatic carbocycles. The Morgan fingerprint density at radius 3 is 2.94 bits per heavy atom. The predicted molar refractivity (Wildman–Crippen MR) is 64.0 cm³/mol. The Labute approximate surface area is 95.7 Å². The van der Waals surface area contributed by atoms with Crippen LogP contribution in [-0.4, -0.2) is 14.3 Å². The van der Waals surface area contributed by atoms with Gasteiger partial charge in [0.15, 0.2) is 0 Å². The maximum absolute atomic E-state index is 5.90. The predicted octanol–water partition coefficient (Wildman–Crippen LogP) is 1.77. The molecule has 2 aromatic heterocycles. The smallest absolute Gasteiger partial charge is 0.0539 e. The van der Waals surface area contributed by atoms with Crippen LogP contribution in [0.15, 0.2) is 30.7 Å². The standard InChI is InChI=1S/C12H18N4/c1-3-16-9-11(7-14-16)8-15-6-4-5-12(15)10(2)13/h4-7,9-10H,3,8,13H2,1-2H3. The van der Waals surface area contributed by atoms with E-state index in [0.29, 0.717) is 0 Å². The topological polar surface area (TPSA) is 48.8 Å². The minimum Gasteiger partial charge on any atom is -0.345 e. The molecule has 0 spiro atoms. The Kier molecular flexibility index (Phi) is 3.10. The summed E-state index contributed by atoms with van der Waals surface area (Å²) in [5.41, 5.74) is 8.27. The molecule has 16 heavy (non-hydrogen) atoms. The van der Waals surface area contributed by atoms with E-state index < -0.39 is 0 Å². The molecule has 2 rings (SSSR count). The molecule has 1 unspecified atom stereocenters.